The van der Waals surface area contributed by atoms with Crippen molar-refractivity contribution in [1.29, 1.82) is 0 Å². The second-order valence-corrected chi connectivity index (χ2v) is 5.06. The zero-order valence-electron chi connectivity index (χ0n) is 12.6. The average Bonchev–Trinajstić information content (AvgIpc) is 2.62. The summed E-state index contributed by atoms with van der Waals surface area (Å²) in [4.78, 5) is 21.9. The molecule has 0 aliphatic rings. The first-order valence-electron chi connectivity index (χ1n) is 7.25. The Balaban J connectivity index is 2.14. The Labute approximate surface area is 138 Å². The normalized spacial score (nSPS) is 10.2. The minimum Gasteiger partial charge on any atom is -0.456 e. The number of nitro benzene ring substituents is 1. The van der Waals surface area contributed by atoms with Gasteiger partial charge in [-0.25, -0.2) is 0 Å². The van der Waals surface area contributed by atoms with Crippen LogP contribution in [0.25, 0.3) is 11.1 Å². The molecule has 0 aliphatic carbocycles. The van der Waals surface area contributed by atoms with E-state index in [1.165, 1.54) is 12.1 Å². The maximum Gasteiger partial charge on any atom is 0.273 e. The fourth-order valence-electron chi connectivity index (χ4n) is 2.39. The molecule has 0 radical (unpaired) electrons. The van der Waals surface area contributed by atoms with Gasteiger partial charge in [-0.1, -0.05) is 42.5 Å². The smallest absolute Gasteiger partial charge is 0.273 e. The number of ether oxygens (including phenoxy) is 1. The number of hydrogen-bond donors (Lipinski definition) is 0. The van der Waals surface area contributed by atoms with E-state index in [9.17, 15) is 14.9 Å². The maximum atomic E-state index is 11.3. The Bertz CT molecular complexity index is 891. The van der Waals surface area contributed by atoms with Crippen LogP contribution in [0.2, 0.25) is 0 Å². The van der Waals surface area contributed by atoms with E-state index in [1.807, 2.05) is 18.2 Å². The third-order valence-corrected chi connectivity index (χ3v) is 3.52. The third-order valence-electron chi connectivity index (χ3n) is 3.52. The average molecular weight is 319 g/mol. The number of carbonyl (C=O) groups is 1. The second kappa shape index (κ2) is 6.75. The van der Waals surface area contributed by atoms with Crippen molar-refractivity contribution < 1.29 is 14.5 Å². The Morgan fingerprint density at radius 1 is 0.875 bits per heavy atom. The van der Waals surface area contributed by atoms with Crippen molar-refractivity contribution in [2.45, 2.75) is 0 Å². The summed E-state index contributed by atoms with van der Waals surface area (Å²) in [5.74, 6) is 0.882. The van der Waals surface area contributed by atoms with Crippen LogP contribution in [-0.2, 0) is 0 Å². The SMILES string of the molecule is O=Cc1ccccc1-c1ccc([N+](=O)[O-])cc1Oc1ccccc1. The van der Waals surface area contributed by atoms with Crippen LogP contribution in [0.15, 0.2) is 72.8 Å². The molecule has 0 saturated heterocycles. The van der Waals surface area contributed by atoms with Gasteiger partial charge in [0.1, 0.15) is 11.5 Å². The molecule has 0 N–H and O–H groups in total. The van der Waals surface area contributed by atoms with E-state index in [4.69, 9.17) is 4.74 Å². The number of nitrogens with zero attached hydrogens (tertiary/aromatic N) is 1. The van der Waals surface area contributed by atoms with Crippen LogP contribution in [0.4, 0.5) is 5.69 Å². The molecular weight excluding hydrogens is 306 g/mol. The van der Waals surface area contributed by atoms with Gasteiger partial charge in [-0.05, 0) is 23.8 Å². The summed E-state index contributed by atoms with van der Waals surface area (Å²) >= 11 is 0. The quantitative estimate of drug-likeness (QED) is 0.382. The van der Waals surface area contributed by atoms with Gasteiger partial charge in [-0.3, -0.25) is 14.9 Å². The monoisotopic (exact) mass is 319 g/mol. The molecule has 3 rings (SSSR count). The van der Waals surface area contributed by atoms with E-state index in [0.717, 1.165) is 6.29 Å². The van der Waals surface area contributed by atoms with Crippen LogP contribution in [-0.4, -0.2) is 11.2 Å². The fraction of sp³-hybridized carbons (Fsp3) is 0. The molecule has 0 unspecified atom stereocenters. The molecule has 0 spiro atoms. The zero-order valence-corrected chi connectivity index (χ0v) is 12.6. The molecule has 3 aromatic rings. The summed E-state index contributed by atoms with van der Waals surface area (Å²) < 4.78 is 5.83. The number of non-ortho nitro benzene ring substituents is 1. The summed E-state index contributed by atoms with van der Waals surface area (Å²) in [5, 5.41) is 11.1. The van der Waals surface area contributed by atoms with Crippen LogP contribution in [0.1, 0.15) is 10.4 Å². The number of aldehydes is 1. The van der Waals surface area contributed by atoms with Gasteiger partial charge in [-0.2, -0.15) is 0 Å². The van der Waals surface area contributed by atoms with Crippen molar-refractivity contribution in [1.82, 2.24) is 0 Å². The fourth-order valence-corrected chi connectivity index (χ4v) is 2.39. The highest BCUT2D eigenvalue weighted by Crippen LogP contribution is 2.37. The predicted molar refractivity (Wildman–Crippen MR) is 90.4 cm³/mol. The molecule has 0 saturated carbocycles. The summed E-state index contributed by atoms with van der Waals surface area (Å²) in [6, 6.07) is 20.4. The first kappa shape index (κ1) is 15.4. The third kappa shape index (κ3) is 3.15. The van der Waals surface area contributed by atoms with Crippen molar-refractivity contribution in [3.8, 4) is 22.6 Å². The Hall–Kier alpha value is -3.47. The Morgan fingerprint density at radius 2 is 1.58 bits per heavy atom. The topological polar surface area (TPSA) is 69.4 Å². The Morgan fingerprint density at radius 3 is 2.29 bits per heavy atom. The molecule has 5 nitrogen and oxygen atoms in total. The van der Waals surface area contributed by atoms with Gasteiger partial charge in [0.15, 0.2) is 6.29 Å². The van der Waals surface area contributed by atoms with Gasteiger partial charge in [0, 0.05) is 17.2 Å². The van der Waals surface area contributed by atoms with Crippen LogP contribution >= 0.6 is 0 Å². The highest BCUT2D eigenvalue weighted by atomic mass is 16.6. The highest BCUT2D eigenvalue weighted by molar-refractivity contribution is 5.89. The van der Waals surface area contributed by atoms with E-state index in [2.05, 4.69) is 0 Å². The molecule has 5 heteroatoms. The number of nitro groups is 1. The zero-order chi connectivity index (χ0) is 16.9. The van der Waals surface area contributed by atoms with Crippen LogP contribution in [0.3, 0.4) is 0 Å². The van der Waals surface area contributed by atoms with Crippen molar-refractivity contribution in [2.24, 2.45) is 0 Å². The molecule has 0 amide bonds. The minimum absolute atomic E-state index is 0.0757. The number of benzene rings is 3. The molecule has 0 bridgehead atoms. The lowest BCUT2D eigenvalue weighted by Crippen LogP contribution is -1.94. The van der Waals surface area contributed by atoms with Crippen LogP contribution in [0.5, 0.6) is 11.5 Å². The van der Waals surface area contributed by atoms with Gasteiger partial charge >= 0.3 is 0 Å². The standard InChI is InChI=1S/C19H13NO4/c21-13-14-6-4-5-9-17(14)18-11-10-15(20(22)23)12-19(18)24-16-7-2-1-3-8-16/h1-13H. The number of carbonyl (C=O) groups excluding carboxylic acids is 1. The van der Waals surface area contributed by atoms with Gasteiger partial charge in [0.05, 0.1) is 11.0 Å². The number of para-hydroxylation sites is 1. The lowest BCUT2D eigenvalue weighted by molar-refractivity contribution is -0.384. The van der Waals surface area contributed by atoms with Crippen molar-refractivity contribution in [3.63, 3.8) is 0 Å². The molecule has 0 heterocycles. The molecular formula is C19H13NO4. The van der Waals surface area contributed by atoms with Gasteiger partial charge < -0.3 is 4.74 Å². The molecule has 24 heavy (non-hydrogen) atoms. The minimum atomic E-state index is -0.479. The van der Waals surface area contributed by atoms with Crippen molar-refractivity contribution >= 4 is 12.0 Å². The summed E-state index contributed by atoms with van der Waals surface area (Å²) in [7, 11) is 0. The molecule has 3 aromatic carbocycles. The van der Waals surface area contributed by atoms with E-state index in [1.54, 1.807) is 42.5 Å². The van der Waals surface area contributed by atoms with E-state index >= 15 is 0 Å². The number of hydrogen-bond acceptors (Lipinski definition) is 4. The number of rotatable bonds is 5. The van der Waals surface area contributed by atoms with Crippen molar-refractivity contribution in [2.75, 3.05) is 0 Å². The largest absolute Gasteiger partial charge is 0.456 e. The van der Waals surface area contributed by atoms with Gasteiger partial charge in [0.25, 0.3) is 5.69 Å². The van der Waals surface area contributed by atoms with E-state index in [-0.39, 0.29) is 5.69 Å². The second-order valence-electron chi connectivity index (χ2n) is 5.06. The highest BCUT2D eigenvalue weighted by Gasteiger charge is 2.16. The first-order valence-corrected chi connectivity index (χ1v) is 7.25. The summed E-state index contributed by atoms with van der Waals surface area (Å²) in [6.45, 7) is 0. The molecule has 118 valence electrons. The molecule has 0 aliphatic heterocycles. The van der Waals surface area contributed by atoms with E-state index in [0.29, 0.717) is 28.2 Å². The van der Waals surface area contributed by atoms with Gasteiger partial charge in [0.2, 0.25) is 0 Å². The molecule has 0 fully saturated rings. The lowest BCUT2D eigenvalue weighted by Gasteiger charge is -2.12. The first-order chi connectivity index (χ1) is 11.7. The molecule has 0 atom stereocenters. The summed E-state index contributed by atoms with van der Waals surface area (Å²) in [5.41, 5.74) is 1.69. The van der Waals surface area contributed by atoms with E-state index < -0.39 is 4.92 Å². The maximum absolute atomic E-state index is 11.3. The van der Waals surface area contributed by atoms with Crippen molar-refractivity contribution in [3.05, 3.63) is 88.5 Å². The summed E-state index contributed by atoms with van der Waals surface area (Å²) in [6.07, 6.45) is 0.753. The molecule has 0 aromatic heterocycles. The van der Waals surface area contributed by atoms with Crippen LogP contribution < -0.4 is 4.74 Å². The Kier molecular flexibility index (Phi) is 4.34. The van der Waals surface area contributed by atoms with Crippen LogP contribution in [0, 0.1) is 10.1 Å². The lowest BCUT2D eigenvalue weighted by atomic mass is 9.99. The van der Waals surface area contributed by atoms with Gasteiger partial charge in [-0.15, -0.1) is 0 Å². The predicted octanol–water partition coefficient (Wildman–Crippen LogP) is 4.87.